The number of anilines is 1. The van der Waals surface area contributed by atoms with Crippen molar-refractivity contribution in [1.82, 2.24) is 14.8 Å². The molecule has 0 fully saturated rings. The maximum Gasteiger partial charge on any atom is 0.138 e. The number of hydrogen-bond acceptors (Lipinski definition) is 4. The molecule has 1 heterocycles. The maximum absolute atomic E-state index is 6.06. The van der Waals surface area contributed by atoms with E-state index in [9.17, 15) is 0 Å². The third-order valence-electron chi connectivity index (χ3n) is 2.77. The van der Waals surface area contributed by atoms with Gasteiger partial charge in [-0.1, -0.05) is 19.1 Å². The number of aromatic nitrogens is 3. The number of rotatable bonds is 5. The molecule has 0 atom stereocenters. The molecule has 2 aromatic rings. The standard InChI is InChI=1S/C13H18N4S/c1-3-7-17-12(15-9-16-17)8-18-11-6-4-5-10(2)13(11)14/h4-6,9H,3,7-8,14H2,1-2H3. The minimum absolute atomic E-state index is 0.799. The van der Waals surface area contributed by atoms with Crippen LogP contribution in [0.1, 0.15) is 24.7 Å². The first kappa shape index (κ1) is 13.0. The van der Waals surface area contributed by atoms with Gasteiger partial charge in [-0.15, -0.1) is 11.8 Å². The molecule has 5 heteroatoms. The van der Waals surface area contributed by atoms with Crippen molar-refractivity contribution >= 4 is 17.4 Å². The lowest BCUT2D eigenvalue weighted by Gasteiger charge is -2.08. The molecule has 0 aliphatic carbocycles. The van der Waals surface area contributed by atoms with E-state index in [1.54, 1.807) is 18.1 Å². The first-order chi connectivity index (χ1) is 8.72. The summed E-state index contributed by atoms with van der Waals surface area (Å²) in [5.74, 6) is 1.80. The van der Waals surface area contributed by atoms with Crippen molar-refractivity contribution in [2.75, 3.05) is 5.73 Å². The van der Waals surface area contributed by atoms with Gasteiger partial charge in [-0.25, -0.2) is 9.67 Å². The van der Waals surface area contributed by atoms with Gasteiger partial charge in [0, 0.05) is 17.1 Å². The van der Waals surface area contributed by atoms with Crippen LogP contribution in [0.3, 0.4) is 0 Å². The summed E-state index contributed by atoms with van der Waals surface area (Å²) in [6, 6.07) is 6.11. The summed E-state index contributed by atoms with van der Waals surface area (Å²) >= 11 is 1.71. The second kappa shape index (κ2) is 5.91. The van der Waals surface area contributed by atoms with Crippen LogP contribution in [0.15, 0.2) is 29.4 Å². The van der Waals surface area contributed by atoms with Crippen molar-refractivity contribution in [3.63, 3.8) is 0 Å². The van der Waals surface area contributed by atoms with Crippen molar-refractivity contribution < 1.29 is 0 Å². The van der Waals surface area contributed by atoms with Gasteiger partial charge in [-0.05, 0) is 25.0 Å². The van der Waals surface area contributed by atoms with Gasteiger partial charge in [0.05, 0.1) is 5.75 Å². The van der Waals surface area contributed by atoms with Gasteiger partial charge >= 0.3 is 0 Å². The van der Waals surface area contributed by atoms with Crippen molar-refractivity contribution in [1.29, 1.82) is 0 Å². The Balaban J connectivity index is 2.07. The summed E-state index contributed by atoms with van der Waals surface area (Å²) in [6.07, 6.45) is 2.68. The number of nitrogens with two attached hydrogens (primary N) is 1. The van der Waals surface area contributed by atoms with Crippen molar-refractivity contribution in [2.45, 2.75) is 37.5 Å². The minimum Gasteiger partial charge on any atom is -0.398 e. The zero-order valence-electron chi connectivity index (χ0n) is 10.8. The van der Waals surface area contributed by atoms with E-state index in [1.165, 1.54) is 0 Å². The van der Waals surface area contributed by atoms with E-state index < -0.39 is 0 Å². The third kappa shape index (κ3) is 2.85. The van der Waals surface area contributed by atoms with E-state index in [0.29, 0.717) is 0 Å². The van der Waals surface area contributed by atoms with Gasteiger partial charge in [0.25, 0.3) is 0 Å². The fraction of sp³-hybridized carbons (Fsp3) is 0.385. The average Bonchev–Trinajstić information content (AvgIpc) is 2.79. The smallest absolute Gasteiger partial charge is 0.138 e. The van der Waals surface area contributed by atoms with Gasteiger partial charge in [0.2, 0.25) is 0 Å². The Morgan fingerprint density at radius 2 is 2.22 bits per heavy atom. The Hall–Kier alpha value is -1.49. The summed E-state index contributed by atoms with van der Waals surface area (Å²) in [6.45, 7) is 5.08. The molecular formula is C13H18N4S. The molecule has 96 valence electrons. The molecule has 2 N–H and O–H groups in total. The van der Waals surface area contributed by atoms with Crippen LogP contribution in [-0.4, -0.2) is 14.8 Å². The van der Waals surface area contributed by atoms with E-state index in [2.05, 4.69) is 17.0 Å². The van der Waals surface area contributed by atoms with Crippen LogP contribution in [0, 0.1) is 6.92 Å². The highest BCUT2D eigenvalue weighted by molar-refractivity contribution is 7.98. The summed E-state index contributed by atoms with van der Waals surface area (Å²) < 4.78 is 1.96. The topological polar surface area (TPSA) is 56.7 Å². The summed E-state index contributed by atoms with van der Waals surface area (Å²) in [4.78, 5) is 5.40. The van der Waals surface area contributed by atoms with Crippen molar-refractivity contribution in [3.05, 3.63) is 35.9 Å². The molecule has 1 aromatic heterocycles. The molecule has 4 nitrogen and oxygen atoms in total. The maximum atomic E-state index is 6.06. The van der Waals surface area contributed by atoms with Crippen molar-refractivity contribution in [2.24, 2.45) is 0 Å². The van der Waals surface area contributed by atoms with Gasteiger partial charge in [0.1, 0.15) is 12.2 Å². The second-order valence-corrected chi connectivity index (χ2v) is 5.19. The molecule has 0 aliphatic rings. The molecule has 0 bridgehead atoms. The van der Waals surface area contributed by atoms with Crippen LogP contribution in [0.25, 0.3) is 0 Å². The molecule has 0 saturated heterocycles. The molecule has 18 heavy (non-hydrogen) atoms. The number of nitrogen functional groups attached to an aromatic ring is 1. The second-order valence-electron chi connectivity index (χ2n) is 4.17. The largest absolute Gasteiger partial charge is 0.398 e. The summed E-state index contributed by atoms with van der Waals surface area (Å²) in [5, 5.41) is 4.22. The zero-order chi connectivity index (χ0) is 13.0. The van der Waals surface area contributed by atoms with E-state index in [4.69, 9.17) is 5.73 Å². The zero-order valence-corrected chi connectivity index (χ0v) is 11.6. The quantitative estimate of drug-likeness (QED) is 0.665. The van der Waals surface area contributed by atoms with Gasteiger partial charge in [-0.3, -0.25) is 0 Å². The predicted molar refractivity (Wildman–Crippen MR) is 75.5 cm³/mol. The first-order valence-corrected chi connectivity index (χ1v) is 7.05. The van der Waals surface area contributed by atoms with E-state index in [1.807, 2.05) is 29.8 Å². The average molecular weight is 262 g/mol. The Bertz CT molecular complexity index is 521. The molecule has 0 radical (unpaired) electrons. The van der Waals surface area contributed by atoms with Crippen LogP contribution in [0.2, 0.25) is 0 Å². The molecular weight excluding hydrogens is 244 g/mol. The minimum atomic E-state index is 0.799. The highest BCUT2D eigenvalue weighted by atomic mass is 32.2. The normalized spacial score (nSPS) is 10.8. The number of benzene rings is 1. The third-order valence-corrected chi connectivity index (χ3v) is 3.84. The van der Waals surface area contributed by atoms with E-state index >= 15 is 0 Å². The van der Waals surface area contributed by atoms with Gasteiger partial charge in [-0.2, -0.15) is 5.10 Å². The number of hydrogen-bond donors (Lipinski definition) is 1. The summed E-state index contributed by atoms with van der Waals surface area (Å²) in [5.41, 5.74) is 8.04. The molecule has 0 aliphatic heterocycles. The molecule has 0 amide bonds. The van der Waals surface area contributed by atoms with Crippen LogP contribution in [0.5, 0.6) is 0 Å². The number of para-hydroxylation sites is 1. The fourth-order valence-electron chi connectivity index (χ4n) is 1.72. The molecule has 0 unspecified atom stereocenters. The van der Waals surface area contributed by atoms with E-state index in [-0.39, 0.29) is 0 Å². The highest BCUT2D eigenvalue weighted by Crippen LogP contribution is 2.29. The lowest BCUT2D eigenvalue weighted by Crippen LogP contribution is -2.04. The van der Waals surface area contributed by atoms with Gasteiger partial charge < -0.3 is 5.73 Å². The monoisotopic (exact) mass is 262 g/mol. The lowest BCUT2D eigenvalue weighted by molar-refractivity contribution is 0.581. The highest BCUT2D eigenvalue weighted by Gasteiger charge is 2.07. The lowest BCUT2D eigenvalue weighted by atomic mass is 10.2. The predicted octanol–water partition coefficient (Wildman–Crippen LogP) is 2.87. The Labute approximate surface area is 112 Å². The molecule has 2 rings (SSSR count). The Morgan fingerprint density at radius 3 is 3.00 bits per heavy atom. The Morgan fingerprint density at radius 1 is 1.39 bits per heavy atom. The van der Waals surface area contributed by atoms with Crippen LogP contribution < -0.4 is 5.73 Å². The van der Waals surface area contributed by atoms with Crippen LogP contribution in [-0.2, 0) is 12.3 Å². The molecule has 0 saturated carbocycles. The number of aryl methyl sites for hydroxylation is 2. The molecule has 1 aromatic carbocycles. The number of thioether (sulfide) groups is 1. The van der Waals surface area contributed by atoms with Gasteiger partial charge in [0.15, 0.2) is 0 Å². The van der Waals surface area contributed by atoms with E-state index in [0.717, 1.165) is 40.7 Å². The summed E-state index contributed by atoms with van der Waals surface area (Å²) in [7, 11) is 0. The number of nitrogens with zero attached hydrogens (tertiary/aromatic N) is 3. The van der Waals surface area contributed by atoms with Crippen LogP contribution in [0.4, 0.5) is 5.69 Å². The van der Waals surface area contributed by atoms with Crippen molar-refractivity contribution in [3.8, 4) is 0 Å². The SMILES string of the molecule is CCCn1ncnc1CSc1cccc(C)c1N. The van der Waals surface area contributed by atoms with Crippen LogP contribution >= 0.6 is 11.8 Å². The fourth-order valence-corrected chi connectivity index (χ4v) is 2.72. The first-order valence-electron chi connectivity index (χ1n) is 6.07. The molecule has 0 spiro atoms. The Kier molecular flexibility index (Phi) is 4.25.